The molecule has 17 heavy (non-hydrogen) atoms. The highest BCUT2D eigenvalue weighted by Gasteiger charge is 2.12. The lowest BCUT2D eigenvalue weighted by atomic mass is 10.3. The van der Waals surface area contributed by atoms with Crippen LogP contribution in [0.4, 0.5) is 17.3 Å². The van der Waals surface area contributed by atoms with Gasteiger partial charge in [-0.15, -0.1) is 0 Å². The van der Waals surface area contributed by atoms with Crippen molar-refractivity contribution in [3.63, 3.8) is 0 Å². The monoisotopic (exact) mass is 240 g/mol. The van der Waals surface area contributed by atoms with E-state index in [4.69, 9.17) is 5.73 Å². The highest BCUT2D eigenvalue weighted by molar-refractivity contribution is 5.69. The van der Waals surface area contributed by atoms with Crippen LogP contribution in [0.1, 0.15) is 6.42 Å². The molecule has 92 valence electrons. The fourth-order valence-electron chi connectivity index (χ4n) is 1.12. The maximum atomic E-state index is 10.8. The number of nitrogens with one attached hydrogen (secondary N) is 1. The Balaban J connectivity index is 2.59. The first-order valence-electron chi connectivity index (χ1n) is 4.76. The van der Waals surface area contributed by atoms with Crippen molar-refractivity contribution in [1.29, 1.82) is 0 Å². The topological polar surface area (TPSA) is 120 Å². The van der Waals surface area contributed by atoms with Gasteiger partial charge in [0, 0.05) is 12.6 Å². The predicted molar refractivity (Wildman–Crippen MR) is 60.4 cm³/mol. The average molecular weight is 240 g/mol. The molecule has 0 aliphatic rings. The fraction of sp³-hybridized carbons (Fsp3) is 0.333. The molecule has 8 heteroatoms. The summed E-state index contributed by atoms with van der Waals surface area (Å²) in [7, 11) is 1.30. The number of nitrogen functional groups attached to an aromatic ring is 1. The van der Waals surface area contributed by atoms with Gasteiger partial charge in [0.1, 0.15) is 5.82 Å². The van der Waals surface area contributed by atoms with E-state index in [1.54, 1.807) is 0 Å². The minimum atomic E-state index is -0.611. The Bertz CT molecular complexity index is 435. The summed E-state index contributed by atoms with van der Waals surface area (Å²) in [6, 6.07) is 2.68. The molecular formula is C9H12N4O4. The third kappa shape index (κ3) is 3.59. The quantitative estimate of drug-likeness (QED) is 0.438. The third-order valence-corrected chi connectivity index (χ3v) is 1.96. The molecule has 0 bridgehead atoms. The second-order valence-electron chi connectivity index (χ2n) is 3.11. The van der Waals surface area contributed by atoms with E-state index in [0.29, 0.717) is 12.4 Å². The molecular weight excluding hydrogens is 228 g/mol. The lowest BCUT2D eigenvalue weighted by molar-refractivity contribution is -0.384. The van der Waals surface area contributed by atoms with Crippen LogP contribution in [0.5, 0.6) is 0 Å². The molecule has 8 nitrogen and oxygen atoms in total. The molecule has 0 radical (unpaired) electrons. The van der Waals surface area contributed by atoms with Crippen LogP contribution < -0.4 is 11.1 Å². The van der Waals surface area contributed by atoms with Crippen molar-refractivity contribution in [3.8, 4) is 0 Å². The number of carbonyl (C=O) groups excluding carboxylic acids is 1. The normalized spacial score (nSPS) is 9.71. The van der Waals surface area contributed by atoms with Gasteiger partial charge in [-0.25, -0.2) is 4.98 Å². The van der Waals surface area contributed by atoms with E-state index in [2.05, 4.69) is 15.0 Å². The van der Waals surface area contributed by atoms with Crippen LogP contribution in [0.2, 0.25) is 0 Å². The maximum absolute atomic E-state index is 10.8. The highest BCUT2D eigenvalue weighted by Crippen LogP contribution is 2.20. The number of carbonyl (C=O) groups is 1. The molecule has 1 aromatic heterocycles. The molecule has 1 heterocycles. The number of rotatable bonds is 5. The van der Waals surface area contributed by atoms with Crippen LogP contribution in [0.25, 0.3) is 0 Å². The standard InChI is InChI=1S/C9H12N4O4/c1-17-8(14)4-5-11-7-3-2-6(13(15)16)9(10)12-7/h2-3H,4-5H2,1H3,(H3,10,11,12). The van der Waals surface area contributed by atoms with Gasteiger partial charge in [-0.3, -0.25) is 14.9 Å². The first-order valence-corrected chi connectivity index (χ1v) is 4.76. The van der Waals surface area contributed by atoms with Crippen molar-refractivity contribution >= 4 is 23.3 Å². The van der Waals surface area contributed by atoms with Crippen LogP contribution in [0, 0.1) is 10.1 Å². The summed E-state index contributed by atoms with van der Waals surface area (Å²) in [6.45, 7) is 0.316. The summed E-state index contributed by atoms with van der Waals surface area (Å²) in [6.07, 6.45) is 0.176. The molecule has 1 aromatic rings. The van der Waals surface area contributed by atoms with Gasteiger partial charge in [0.25, 0.3) is 0 Å². The summed E-state index contributed by atoms with van der Waals surface area (Å²) in [5.41, 5.74) is 5.15. The zero-order chi connectivity index (χ0) is 12.8. The number of ether oxygens (including phenoxy) is 1. The second kappa shape index (κ2) is 5.64. The number of nitro groups is 1. The molecule has 1 rings (SSSR count). The Kier molecular flexibility index (Phi) is 4.21. The van der Waals surface area contributed by atoms with Gasteiger partial charge >= 0.3 is 11.7 Å². The van der Waals surface area contributed by atoms with Crippen molar-refractivity contribution in [2.24, 2.45) is 0 Å². The van der Waals surface area contributed by atoms with Gasteiger partial charge in [-0.05, 0) is 6.07 Å². The Morgan fingerprint density at radius 3 is 2.88 bits per heavy atom. The van der Waals surface area contributed by atoms with E-state index < -0.39 is 4.92 Å². The third-order valence-electron chi connectivity index (χ3n) is 1.96. The van der Waals surface area contributed by atoms with Crippen LogP contribution in [0.15, 0.2) is 12.1 Å². The molecule has 0 saturated heterocycles. The summed E-state index contributed by atoms with van der Waals surface area (Å²) < 4.78 is 4.45. The van der Waals surface area contributed by atoms with E-state index in [1.807, 2.05) is 0 Å². The zero-order valence-electron chi connectivity index (χ0n) is 9.17. The van der Waals surface area contributed by atoms with Gasteiger partial charge in [0.05, 0.1) is 18.5 Å². The molecule has 0 aromatic carbocycles. The Hall–Kier alpha value is -2.38. The fourth-order valence-corrected chi connectivity index (χ4v) is 1.12. The predicted octanol–water partition coefficient (Wildman–Crippen LogP) is 0.547. The first-order chi connectivity index (χ1) is 8.04. The smallest absolute Gasteiger partial charge is 0.311 e. The van der Waals surface area contributed by atoms with Crippen molar-refractivity contribution < 1.29 is 14.5 Å². The number of aromatic nitrogens is 1. The Morgan fingerprint density at radius 1 is 1.65 bits per heavy atom. The summed E-state index contributed by atoms with van der Waals surface area (Å²) in [5, 5.41) is 13.3. The SMILES string of the molecule is COC(=O)CCNc1ccc([N+](=O)[O-])c(N)n1. The Labute approximate surface area is 96.9 Å². The number of pyridine rings is 1. The number of nitrogens with zero attached hydrogens (tertiary/aromatic N) is 2. The lowest BCUT2D eigenvalue weighted by Crippen LogP contribution is -2.11. The van der Waals surface area contributed by atoms with E-state index in [0.717, 1.165) is 0 Å². The van der Waals surface area contributed by atoms with Crippen molar-refractivity contribution in [2.75, 3.05) is 24.7 Å². The van der Waals surface area contributed by atoms with Gasteiger partial charge in [0.2, 0.25) is 5.82 Å². The molecule has 0 amide bonds. The maximum Gasteiger partial charge on any atom is 0.311 e. The summed E-state index contributed by atoms with van der Waals surface area (Å²) in [4.78, 5) is 24.5. The molecule has 0 unspecified atom stereocenters. The largest absolute Gasteiger partial charge is 0.469 e. The van der Waals surface area contributed by atoms with Crippen LogP contribution >= 0.6 is 0 Å². The highest BCUT2D eigenvalue weighted by atomic mass is 16.6. The van der Waals surface area contributed by atoms with E-state index in [1.165, 1.54) is 19.2 Å². The van der Waals surface area contributed by atoms with E-state index in [-0.39, 0.29) is 23.9 Å². The second-order valence-corrected chi connectivity index (χ2v) is 3.11. The van der Waals surface area contributed by atoms with Gasteiger partial charge in [0.15, 0.2) is 0 Å². The number of hydrogen-bond acceptors (Lipinski definition) is 7. The molecule has 0 atom stereocenters. The van der Waals surface area contributed by atoms with E-state index in [9.17, 15) is 14.9 Å². The van der Waals surface area contributed by atoms with Crippen molar-refractivity contribution in [3.05, 3.63) is 22.2 Å². The molecule has 0 saturated carbocycles. The molecule has 3 N–H and O–H groups in total. The van der Waals surface area contributed by atoms with Gasteiger partial charge in [-0.2, -0.15) is 0 Å². The number of anilines is 2. The molecule has 0 aliphatic carbocycles. The number of esters is 1. The van der Waals surface area contributed by atoms with Gasteiger partial charge in [-0.1, -0.05) is 0 Å². The molecule has 0 fully saturated rings. The zero-order valence-corrected chi connectivity index (χ0v) is 9.17. The first kappa shape index (κ1) is 12.7. The molecule has 0 spiro atoms. The van der Waals surface area contributed by atoms with Crippen LogP contribution in [0.3, 0.4) is 0 Å². The molecule has 0 aliphatic heterocycles. The summed E-state index contributed by atoms with van der Waals surface area (Å²) >= 11 is 0. The number of methoxy groups -OCH3 is 1. The number of hydrogen-bond donors (Lipinski definition) is 2. The number of nitrogens with two attached hydrogens (primary N) is 1. The van der Waals surface area contributed by atoms with Crippen LogP contribution in [-0.4, -0.2) is 29.5 Å². The lowest BCUT2D eigenvalue weighted by Gasteiger charge is -2.05. The van der Waals surface area contributed by atoms with Crippen LogP contribution in [-0.2, 0) is 9.53 Å². The van der Waals surface area contributed by atoms with Crippen molar-refractivity contribution in [1.82, 2.24) is 4.98 Å². The Morgan fingerprint density at radius 2 is 2.35 bits per heavy atom. The van der Waals surface area contributed by atoms with Gasteiger partial charge < -0.3 is 15.8 Å². The van der Waals surface area contributed by atoms with E-state index >= 15 is 0 Å². The summed E-state index contributed by atoms with van der Waals surface area (Å²) in [5.74, 6) is -0.151. The minimum Gasteiger partial charge on any atom is -0.469 e. The minimum absolute atomic E-state index is 0.168. The average Bonchev–Trinajstić information content (AvgIpc) is 2.28. The van der Waals surface area contributed by atoms with Crippen molar-refractivity contribution in [2.45, 2.75) is 6.42 Å².